The first kappa shape index (κ1) is 18.2. The number of guanidine groups is 1. The molecule has 2 aromatic rings. The van der Waals surface area contributed by atoms with Crippen molar-refractivity contribution in [2.45, 2.75) is 11.4 Å². The Morgan fingerprint density at radius 3 is 2.54 bits per heavy atom. The van der Waals surface area contributed by atoms with E-state index in [-0.39, 0.29) is 0 Å². The summed E-state index contributed by atoms with van der Waals surface area (Å²) in [7, 11) is 5.91. The summed E-state index contributed by atoms with van der Waals surface area (Å²) in [4.78, 5) is 7.68. The number of rotatable bonds is 7. The zero-order chi connectivity index (χ0) is 17.2. The molecule has 0 radical (unpaired) electrons. The van der Waals surface area contributed by atoms with Gasteiger partial charge in [0.05, 0.1) is 0 Å². The lowest BCUT2D eigenvalue weighted by molar-refractivity contribution is 0.832. The second-order valence-corrected chi connectivity index (χ2v) is 6.75. The Kier molecular flexibility index (Phi) is 7.49. The molecule has 0 heterocycles. The van der Waals surface area contributed by atoms with Crippen LogP contribution in [-0.4, -0.2) is 39.4 Å². The highest BCUT2D eigenvalue weighted by atomic mass is 32.2. The van der Waals surface area contributed by atoms with Gasteiger partial charge < -0.3 is 15.5 Å². The van der Waals surface area contributed by atoms with Gasteiger partial charge in [-0.2, -0.15) is 0 Å². The van der Waals surface area contributed by atoms with Gasteiger partial charge in [-0.25, -0.2) is 0 Å². The molecule has 0 saturated carbocycles. The number of thioether (sulfide) groups is 1. The fourth-order valence-electron chi connectivity index (χ4n) is 2.21. The number of aliphatic imine (C=N–C) groups is 1. The van der Waals surface area contributed by atoms with Crippen LogP contribution in [0.15, 0.2) is 64.5 Å². The first-order chi connectivity index (χ1) is 11.7. The maximum Gasteiger partial charge on any atom is 0.191 e. The molecule has 0 bridgehead atoms. The van der Waals surface area contributed by atoms with Crippen LogP contribution in [0.4, 0.5) is 5.69 Å². The predicted molar refractivity (Wildman–Crippen MR) is 106 cm³/mol. The number of nitrogens with zero attached hydrogens (tertiary/aromatic N) is 2. The van der Waals surface area contributed by atoms with Gasteiger partial charge in [0.25, 0.3) is 0 Å². The predicted octanol–water partition coefficient (Wildman–Crippen LogP) is 3.21. The molecule has 0 atom stereocenters. The highest BCUT2D eigenvalue weighted by molar-refractivity contribution is 7.99. The molecule has 0 aliphatic heterocycles. The van der Waals surface area contributed by atoms with Crippen LogP contribution in [0, 0.1) is 0 Å². The van der Waals surface area contributed by atoms with E-state index in [1.807, 2.05) is 17.8 Å². The zero-order valence-corrected chi connectivity index (χ0v) is 15.4. The van der Waals surface area contributed by atoms with Gasteiger partial charge in [-0.15, -0.1) is 11.8 Å². The zero-order valence-electron chi connectivity index (χ0n) is 14.6. The molecule has 2 rings (SSSR count). The Hall–Kier alpha value is -2.14. The van der Waals surface area contributed by atoms with Gasteiger partial charge in [-0.1, -0.05) is 30.3 Å². The minimum Gasteiger partial charge on any atom is -0.378 e. The van der Waals surface area contributed by atoms with Gasteiger partial charge in [0.2, 0.25) is 0 Å². The molecule has 0 amide bonds. The summed E-state index contributed by atoms with van der Waals surface area (Å²) in [6.45, 7) is 1.63. The van der Waals surface area contributed by atoms with Crippen molar-refractivity contribution in [2.24, 2.45) is 4.99 Å². The first-order valence-electron chi connectivity index (χ1n) is 8.07. The van der Waals surface area contributed by atoms with E-state index < -0.39 is 0 Å². The summed E-state index contributed by atoms with van der Waals surface area (Å²) in [5.74, 6) is 1.83. The van der Waals surface area contributed by atoms with E-state index in [2.05, 4.69) is 83.2 Å². The van der Waals surface area contributed by atoms with Gasteiger partial charge in [0, 0.05) is 50.6 Å². The molecule has 24 heavy (non-hydrogen) atoms. The molecule has 0 unspecified atom stereocenters. The highest BCUT2D eigenvalue weighted by Gasteiger charge is 2.01. The average Bonchev–Trinajstić information content (AvgIpc) is 2.62. The summed E-state index contributed by atoms with van der Waals surface area (Å²) in [6, 6.07) is 18.9. The Morgan fingerprint density at radius 2 is 1.83 bits per heavy atom. The van der Waals surface area contributed by atoms with E-state index in [4.69, 9.17) is 0 Å². The number of hydrogen-bond acceptors (Lipinski definition) is 3. The van der Waals surface area contributed by atoms with Crippen LogP contribution in [0.5, 0.6) is 0 Å². The second kappa shape index (κ2) is 9.88. The van der Waals surface area contributed by atoms with Crippen LogP contribution in [0.25, 0.3) is 0 Å². The average molecular weight is 343 g/mol. The molecule has 2 N–H and O–H groups in total. The number of anilines is 1. The van der Waals surface area contributed by atoms with Gasteiger partial charge in [-0.05, 0) is 29.8 Å². The molecule has 0 fully saturated rings. The Balaban J connectivity index is 1.73. The summed E-state index contributed by atoms with van der Waals surface area (Å²) < 4.78 is 0. The van der Waals surface area contributed by atoms with Gasteiger partial charge in [0.1, 0.15) is 0 Å². The van der Waals surface area contributed by atoms with Crippen molar-refractivity contribution in [3.05, 3.63) is 60.2 Å². The minimum atomic E-state index is 0.757. The smallest absolute Gasteiger partial charge is 0.191 e. The van der Waals surface area contributed by atoms with E-state index in [1.54, 1.807) is 7.05 Å². The maximum atomic E-state index is 4.28. The van der Waals surface area contributed by atoms with Gasteiger partial charge >= 0.3 is 0 Å². The van der Waals surface area contributed by atoms with Gasteiger partial charge in [0.15, 0.2) is 5.96 Å². The van der Waals surface area contributed by atoms with Crippen LogP contribution < -0.4 is 15.5 Å². The normalized spacial score (nSPS) is 11.2. The Bertz CT molecular complexity index is 641. The molecule has 0 spiro atoms. The third-order valence-electron chi connectivity index (χ3n) is 3.52. The van der Waals surface area contributed by atoms with Crippen molar-refractivity contribution >= 4 is 23.4 Å². The molecule has 4 nitrogen and oxygen atoms in total. The molecule has 0 aliphatic rings. The van der Waals surface area contributed by atoms with Crippen LogP contribution >= 0.6 is 11.8 Å². The number of hydrogen-bond donors (Lipinski definition) is 2. The SMILES string of the molecule is CN=C(NCCSc1ccccc1)NCc1cccc(N(C)C)c1. The fraction of sp³-hybridized carbons (Fsp3) is 0.316. The van der Waals surface area contributed by atoms with E-state index in [9.17, 15) is 0 Å². The van der Waals surface area contributed by atoms with Gasteiger partial charge in [-0.3, -0.25) is 4.99 Å². The van der Waals surface area contributed by atoms with Crippen molar-refractivity contribution in [1.82, 2.24) is 10.6 Å². The Labute approximate surface area is 149 Å². The van der Waals surface area contributed by atoms with Crippen molar-refractivity contribution in [2.75, 3.05) is 38.3 Å². The third kappa shape index (κ3) is 6.16. The lowest BCUT2D eigenvalue weighted by Crippen LogP contribution is -2.37. The van der Waals surface area contributed by atoms with E-state index in [1.165, 1.54) is 16.1 Å². The van der Waals surface area contributed by atoms with Crippen LogP contribution in [0.2, 0.25) is 0 Å². The maximum absolute atomic E-state index is 4.28. The molecule has 2 aromatic carbocycles. The van der Waals surface area contributed by atoms with Crippen molar-refractivity contribution in [1.29, 1.82) is 0 Å². The molecular weight excluding hydrogens is 316 g/mol. The summed E-state index contributed by atoms with van der Waals surface area (Å²) in [6.07, 6.45) is 0. The summed E-state index contributed by atoms with van der Waals surface area (Å²) in [5, 5.41) is 6.72. The molecule has 5 heteroatoms. The molecular formula is C19H26N4S. The summed E-state index contributed by atoms with van der Waals surface area (Å²) in [5.41, 5.74) is 2.44. The lowest BCUT2D eigenvalue weighted by Gasteiger charge is -2.15. The lowest BCUT2D eigenvalue weighted by atomic mass is 10.2. The molecule has 0 saturated heterocycles. The standard InChI is InChI=1S/C19H26N4S/c1-20-19(21-12-13-24-18-10-5-4-6-11-18)22-15-16-8-7-9-17(14-16)23(2)3/h4-11,14H,12-13,15H2,1-3H3,(H2,20,21,22). The molecule has 0 aromatic heterocycles. The molecule has 128 valence electrons. The third-order valence-corrected chi connectivity index (χ3v) is 4.53. The highest BCUT2D eigenvalue weighted by Crippen LogP contribution is 2.15. The van der Waals surface area contributed by atoms with Crippen molar-refractivity contribution in [3.63, 3.8) is 0 Å². The Morgan fingerprint density at radius 1 is 1.04 bits per heavy atom. The van der Waals surface area contributed by atoms with Crippen LogP contribution in [-0.2, 0) is 6.54 Å². The number of benzene rings is 2. The van der Waals surface area contributed by atoms with Crippen molar-refractivity contribution < 1.29 is 0 Å². The topological polar surface area (TPSA) is 39.7 Å². The fourth-order valence-corrected chi connectivity index (χ4v) is 3.00. The van der Waals surface area contributed by atoms with E-state index >= 15 is 0 Å². The van der Waals surface area contributed by atoms with E-state index in [0.717, 1.165) is 24.8 Å². The first-order valence-corrected chi connectivity index (χ1v) is 9.06. The summed E-state index contributed by atoms with van der Waals surface area (Å²) >= 11 is 1.84. The minimum absolute atomic E-state index is 0.757. The number of nitrogens with one attached hydrogen (secondary N) is 2. The van der Waals surface area contributed by atoms with E-state index in [0.29, 0.717) is 0 Å². The largest absolute Gasteiger partial charge is 0.378 e. The van der Waals surface area contributed by atoms with Crippen LogP contribution in [0.1, 0.15) is 5.56 Å². The molecule has 0 aliphatic carbocycles. The quantitative estimate of drug-likeness (QED) is 0.351. The monoisotopic (exact) mass is 342 g/mol. The van der Waals surface area contributed by atoms with Crippen molar-refractivity contribution in [3.8, 4) is 0 Å². The van der Waals surface area contributed by atoms with Crippen LogP contribution in [0.3, 0.4) is 0 Å². The second-order valence-electron chi connectivity index (χ2n) is 5.58.